The van der Waals surface area contributed by atoms with E-state index in [1.54, 1.807) is 6.07 Å². The number of carbonyl (C=O) groups is 1. The minimum absolute atomic E-state index is 0.296. The molecule has 2 aromatic rings. The standard InChI is InChI=1S/C11H9FN2O2/c1-2-8-7-4-3-6(12)5-9(7)14-10(13-8)11(15)16/h3-5H,2H2,1H3,(H,15,16). The lowest BCUT2D eigenvalue weighted by Gasteiger charge is -2.04. The van der Waals surface area contributed by atoms with Gasteiger partial charge < -0.3 is 5.11 Å². The highest BCUT2D eigenvalue weighted by atomic mass is 19.1. The van der Waals surface area contributed by atoms with Crippen molar-refractivity contribution in [1.29, 1.82) is 0 Å². The second-order valence-electron chi connectivity index (χ2n) is 3.31. The average Bonchev–Trinajstić information content (AvgIpc) is 2.26. The highest BCUT2D eigenvalue weighted by molar-refractivity contribution is 5.88. The molecule has 82 valence electrons. The van der Waals surface area contributed by atoms with Crippen LogP contribution in [0.4, 0.5) is 4.39 Å². The Kier molecular flexibility index (Phi) is 2.52. The van der Waals surface area contributed by atoms with Gasteiger partial charge in [-0.2, -0.15) is 0 Å². The zero-order chi connectivity index (χ0) is 11.7. The molecule has 1 aromatic heterocycles. The molecule has 0 aliphatic carbocycles. The van der Waals surface area contributed by atoms with Gasteiger partial charge in [-0.05, 0) is 18.6 Å². The minimum Gasteiger partial charge on any atom is -0.475 e. The van der Waals surface area contributed by atoms with Crippen LogP contribution < -0.4 is 0 Å². The fourth-order valence-electron chi connectivity index (χ4n) is 1.53. The molecule has 1 heterocycles. The van der Waals surface area contributed by atoms with Crippen LogP contribution in [0.5, 0.6) is 0 Å². The monoisotopic (exact) mass is 220 g/mol. The molecule has 0 fully saturated rings. The number of carboxylic acids is 1. The molecule has 0 bridgehead atoms. The Bertz CT molecular complexity index is 569. The molecule has 0 radical (unpaired) electrons. The summed E-state index contributed by atoms with van der Waals surface area (Å²) in [4.78, 5) is 18.5. The van der Waals surface area contributed by atoms with E-state index in [2.05, 4.69) is 9.97 Å². The number of aromatic nitrogens is 2. The summed E-state index contributed by atoms with van der Waals surface area (Å²) >= 11 is 0. The van der Waals surface area contributed by atoms with Gasteiger partial charge in [0.25, 0.3) is 0 Å². The van der Waals surface area contributed by atoms with Crippen molar-refractivity contribution in [3.05, 3.63) is 35.5 Å². The molecule has 0 aliphatic rings. The normalized spacial score (nSPS) is 10.6. The topological polar surface area (TPSA) is 63.1 Å². The number of nitrogens with zero attached hydrogens (tertiary/aromatic N) is 2. The number of hydrogen-bond acceptors (Lipinski definition) is 3. The number of aryl methyl sites for hydroxylation is 1. The van der Waals surface area contributed by atoms with Crippen molar-refractivity contribution in [3.63, 3.8) is 0 Å². The van der Waals surface area contributed by atoms with E-state index in [1.807, 2.05) is 6.92 Å². The molecule has 5 heteroatoms. The third kappa shape index (κ3) is 1.71. The molecule has 0 atom stereocenters. The van der Waals surface area contributed by atoms with Crippen LogP contribution >= 0.6 is 0 Å². The quantitative estimate of drug-likeness (QED) is 0.841. The van der Waals surface area contributed by atoms with Crippen molar-refractivity contribution in [2.45, 2.75) is 13.3 Å². The Morgan fingerprint density at radius 3 is 2.81 bits per heavy atom. The largest absolute Gasteiger partial charge is 0.475 e. The van der Waals surface area contributed by atoms with Gasteiger partial charge in [0, 0.05) is 11.5 Å². The van der Waals surface area contributed by atoms with Crippen LogP contribution in [0.3, 0.4) is 0 Å². The van der Waals surface area contributed by atoms with E-state index in [1.165, 1.54) is 12.1 Å². The Morgan fingerprint density at radius 2 is 2.19 bits per heavy atom. The fraction of sp³-hybridized carbons (Fsp3) is 0.182. The summed E-state index contributed by atoms with van der Waals surface area (Å²) in [6.45, 7) is 1.86. The summed E-state index contributed by atoms with van der Waals surface area (Å²) in [5.41, 5.74) is 0.937. The van der Waals surface area contributed by atoms with Crippen LogP contribution in [0.15, 0.2) is 18.2 Å². The predicted molar refractivity (Wildman–Crippen MR) is 55.8 cm³/mol. The zero-order valence-corrected chi connectivity index (χ0v) is 8.57. The predicted octanol–water partition coefficient (Wildman–Crippen LogP) is 2.03. The first-order valence-electron chi connectivity index (χ1n) is 4.81. The van der Waals surface area contributed by atoms with Gasteiger partial charge in [-0.1, -0.05) is 6.92 Å². The SMILES string of the molecule is CCc1nc(C(=O)O)nc2cc(F)ccc12. The molecule has 1 N–H and O–H groups in total. The van der Waals surface area contributed by atoms with E-state index >= 15 is 0 Å². The number of fused-ring (bicyclic) bond motifs is 1. The Labute approximate surface area is 90.8 Å². The molecule has 1 aromatic carbocycles. The maximum Gasteiger partial charge on any atom is 0.373 e. The van der Waals surface area contributed by atoms with Crippen molar-refractivity contribution in [2.75, 3.05) is 0 Å². The minimum atomic E-state index is -1.21. The van der Waals surface area contributed by atoms with E-state index in [9.17, 15) is 9.18 Å². The third-order valence-corrected chi connectivity index (χ3v) is 2.26. The summed E-state index contributed by atoms with van der Waals surface area (Å²) in [5, 5.41) is 9.50. The van der Waals surface area contributed by atoms with Crippen LogP contribution in [-0.4, -0.2) is 21.0 Å². The van der Waals surface area contributed by atoms with Gasteiger partial charge in [0.2, 0.25) is 5.82 Å². The van der Waals surface area contributed by atoms with Crippen molar-refractivity contribution in [3.8, 4) is 0 Å². The molecule has 0 saturated carbocycles. The molecule has 0 saturated heterocycles. The molecule has 16 heavy (non-hydrogen) atoms. The summed E-state index contributed by atoms with van der Waals surface area (Å²) in [6, 6.07) is 4.09. The lowest BCUT2D eigenvalue weighted by Crippen LogP contribution is -2.07. The van der Waals surface area contributed by atoms with E-state index in [0.717, 1.165) is 0 Å². The molecule has 2 rings (SSSR count). The van der Waals surface area contributed by atoms with Crippen LogP contribution in [-0.2, 0) is 6.42 Å². The van der Waals surface area contributed by atoms with Crippen molar-refractivity contribution < 1.29 is 14.3 Å². The lowest BCUT2D eigenvalue weighted by atomic mass is 10.1. The molecule has 4 nitrogen and oxygen atoms in total. The first kappa shape index (κ1) is 10.5. The maximum absolute atomic E-state index is 13.0. The smallest absolute Gasteiger partial charge is 0.373 e. The van der Waals surface area contributed by atoms with Gasteiger partial charge in [0.1, 0.15) is 5.82 Å². The molecule has 0 unspecified atom stereocenters. The van der Waals surface area contributed by atoms with E-state index in [4.69, 9.17) is 5.11 Å². The number of halogens is 1. The molecule has 0 amide bonds. The Balaban J connectivity index is 2.78. The van der Waals surface area contributed by atoms with Crippen molar-refractivity contribution in [1.82, 2.24) is 9.97 Å². The molecular formula is C11H9FN2O2. The van der Waals surface area contributed by atoms with Gasteiger partial charge in [-0.3, -0.25) is 0 Å². The Hall–Kier alpha value is -2.04. The first-order valence-corrected chi connectivity index (χ1v) is 4.81. The lowest BCUT2D eigenvalue weighted by molar-refractivity contribution is 0.0683. The summed E-state index contributed by atoms with van der Waals surface area (Å²) in [5.74, 6) is -1.94. The van der Waals surface area contributed by atoms with Gasteiger partial charge in [-0.25, -0.2) is 19.2 Å². The van der Waals surface area contributed by atoms with E-state index < -0.39 is 11.8 Å². The number of carboxylic acid groups (broad SMARTS) is 1. The van der Waals surface area contributed by atoms with E-state index in [-0.39, 0.29) is 5.82 Å². The van der Waals surface area contributed by atoms with E-state index in [0.29, 0.717) is 23.0 Å². The fourth-order valence-corrected chi connectivity index (χ4v) is 1.53. The van der Waals surface area contributed by atoms with Crippen LogP contribution in [0, 0.1) is 5.82 Å². The van der Waals surface area contributed by atoms with Gasteiger partial charge in [0.15, 0.2) is 0 Å². The second kappa shape index (κ2) is 3.84. The van der Waals surface area contributed by atoms with Crippen LogP contribution in [0.2, 0.25) is 0 Å². The number of benzene rings is 1. The van der Waals surface area contributed by atoms with Crippen molar-refractivity contribution in [2.24, 2.45) is 0 Å². The second-order valence-corrected chi connectivity index (χ2v) is 3.31. The summed E-state index contributed by atoms with van der Waals surface area (Å²) in [6.07, 6.45) is 0.574. The first-order chi connectivity index (χ1) is 7.61. The average molecular weight is 220 g/mol. The van der Waals surface area contributed by atoms with Gasteiger partial charge in [0.05, 0.1) is 11.2 Å². The highest BCUT2D eigenvalue weighted by Gasteiger charge is 2.12. The molecule has 0 aliphatic heterocycles. The number of rotatable bonds is 2. The number of hydrogen-bond donors (Lipinski definition) is 1. The van der Waals surface area contributed by atoms with Gasteiger partial charge >= 0.3 is 5.97 Å². The molecular weight excluding hydrogens is 211 g/mol. The zero-order valence-electron chi connectivity index (χ0n) is 8.57. The summed E-state index contributed by atoms with van der Waals surface area (Å²) in [7, 11) is 0. The highest BCUT2D eigenvalue weighted by Crippen LogP contribution is 2.17. The van der Waals surface area contributed by atoms with Crippen LogP contribution in [0.1, 0.15) is 23.2 Å². The molecule has 0 spiro atoms. The van der Waals surface area contributed by atoms with Gasteiger partial charge in [-0.15, -0.1) is 0 Å². The third-order valence-electron chi connectivity index (χ3n) is 2.26. The Morgan fingerprint density at radius 1 is 1.44 bits per heavy atom. The van der Waals surface area contributed by atoms with Crippen LogP contribution in [0.25, 0.3) is 10.9 Å². The van der Waals surface area contributed by atoms with Crippen molar-refractivity contribution >= 4 is 16.9 Å². The summed E-state index contributed by atoms with van der Waals surface area (Å²) < 4.78 is 13.0. The number of aromatic carboxylic acids is 1. The maximum atomic E-state index is 13.0.